The minimum atomic E-state index is -0.348. The quantitative estimate of drug-likeness (QED) is 0.462. The highest BCUT2D eigenvalue weighted by atomic mass is 32.2. The van der Waals surface area contributed by atoms with Crippen molar-refractivity contribution in [3.05, 3.63) is 66.2 Å². The predicted octanol–water partition coefficient (Wildman–Crippen LogP) is 4.93. The van der Waals surface area contributed by atoms with Gasteiger partial charge in [0.15, 0.2) is 11.5 Å². The van der Waals surface area contributed by atoms with Gasteiger partial charge in [0.25, 0.3) is 0 Å². The molecule has 1 atom stereocenters. The number of hydrogen-bond acceptors (Lipinski definition) is 7. The van der Waals surface area contributed by atoms with Crippen LogP contribution in [0.1, 0.15) is 17.2 Å². The van der Waals surface area contributed by atoms with Gasteiger partial charge in [0, 0.05) is 22.6 Å². The molecule has 1 N–H and O–H groups in total. The summed E-state index contributed by atoms with van der Waals surface area (Å²) < 4.78 is 21.4. The highest BCUT2D eigenvalue weighted by Gasteiger charge is 2.31. The molecule has 8 nitrogen and oxygen atoms in total. The SMILES string of the molecule is COc1ccc(OC)c(NC(=O)CN2C(=O)C[C@H](c3ccc(OC)c(OC)c3)Sc3ccccc32)c1. The van der Waals surface area contributed by atoms with Crippen LogP contribution in [0.5, 0.6) is 23.0 Å². The highest BCUT2D eigenvalue weighted by molar-refractivity contribution is 7.99. The molecule has 3 aromatic carbocycles. The van der Waals surface area contributed by atoms with Gasteiger partial charge in [0.2, 0.25) is 11.8 Å². The van der Waals surface area contributed by atoms with Crippen molar-refractivity contribution < 1.29 is 28.5 Å². The van der Waals surface area contributed by atoms with Crippen LogP contribution in [0.25, 0.3) is 0 Å². The fourth-order valence-electron chi connectivity index (χ4n) is 4.04. The van der Waals surface area contributed by atoms with Gasteiger partial charge in [0.05, 0.1) is 39.8 Å². The lowest BCUT2D eigenvalue weighted by Crippen LogP contribution is -2.38. The maximum Gasteiger partial charge on any atom is 0.244 e. The number of hydrogen-bond donors (Lipinski definition) is 1. The second kappa shape index (κ2) is 11.3. The first-order chi connectivity index (χ1) is 17.5. The number of carbonyl (C=O) groups excluding carboxylic acids is 2. The molecule has 0 bridgehead atoms. The molecule has 3 aromatic rings. The van der Waals surface area contributed by atoms with Crippen molar-refractivity contribution >= 4 is 35.0 Å². The van der Waals surface area contributed by atoms with Gasteiger partial charge in [-0.1, -0.05) is 18.2 Å². The number of benzene rings is 3. The Bertz CT molecular complexity index is 1260. The molecule has 0 radical (unpaired) electrons. The topological polar surface area (TPSA) is 86.3 Å². The van der Waals surface area contributed by atoms with Gasteiger partial charge < -0.3 is 29.2 Å². The van der Waals surface area contributed by atoms with Gasteiger partial charge in [0.1, 0.15) is 18.0 Å². The Balaban J connectivity index is 1.60. The lowest BCUT2D eigenvalue weighted by atomic mass is 10.1. The molecule has 1 heterocycles. The molecule has 188 valence electrons. The Morgan fingerprint density at radius 3 is 2.36 bits per heavy atom. The Morgan fingerprint density at radius 2 is 1.64 bits per heavy atom. The second-order valence-electron chi connectivity index (χ2n) is 7.99. The zero-order valence-corrected chi connectivity index (χ0v) is 21.4. The zero-order valence-electron chi connectivity index (χ0n) is 20.6. The van der Waals surface area contributed by atoms with E-state index in [-0.39, 0.29) is 30.0 Å². The van der Waals surface area contributed by atoms with E-state index in [1.807, 2.05) is 42.5 Å². The number of anilines is 2. The molecule has 9 heteroatoms. The first-order valence-electron chi connectivity index (χ1n) is 11.3. The van der Waals surface area contributed by atoms with Crippen LogP contribution in [0.3, 0.4) is 0 Å². The van der Waals surface area contributed by atoms with Crippen LogP contribution in [0.2, 0.25) is 0 Å². The van der Waals surface area contributed by atoms with Gasteiger partial charge in [-0.2, -0.15) is 0 Å². The largest absolute Gasteiger partial charge is 0.497 e. The van der Waals surface area contributed by atoms with E-state index in [0.29, 0.717) is 34.4 Å². The van der Waals surface area contributed by atoms with E-state index in [4.69, 9.17) is 18.9 Å². The molecule has 0 unspecified atom stereocenters. The smallest absolute Gasteiger partial charge is 0.244 e. The number of rotatable bonds is 8. The van der Waals surface area contributed by atoms with Crippen molar-refractivity contribution in [3.8, 4) is 23.0 Å². The summed E-state index contributed by atoms with van der Waals surface area (Å²) in [7, 11) is 6.24. The summed E-state index contributed by atoms with van der Waals surface area (Å²) >= 11 is 1.59. The third kappa shape index (κ3) is 5.36. The van der Waals surface area contributed by atoms with Crippen LogP contribution >= 0.6 is 11.8 Å². The molecule has 0 saturated carbocycles. The summed E-state index contributed by atoms with van der Waals surface area (Å²) in [5.74, 6) is 1.80. The van der Waals surface area contributed by atoms with Gasteiger partial charge in [-0.15, -0.1) is 11.8 Å². The number of amides is 2. The van der Waals surface area contributed by atoms with Crippen LogP contribution in [-0.2, 0) is 9.59 Å². The van der Waals surface area contributed by atoms with Gasteiger partial charge in [-0.25, -0.2) is 0 Å². The minimum absolute atomic E-state index is 0.143. The monoisotopic (exact) mass is 508 g/mol. The Kier molecular flexibility index (Phi) is 7.90. The number of methoxy groups -OCH3 is 4. The van der Waals surface area contributed by atoms with E-state index in [1.54, 1.807) is 51.3 Å². The van der Waals surface area contributed by atoms with E-state index in [9.17, 15) is 9.59 Å². The molecule has 0 saturated heterocycles. The molecule has 2 amide bonds. The zero-order chi connectivity index (χ0) is 25.7. The number of nitrogens with one attached hydrogen (secondary N) is 1. The van der Waals surface area contributed by atoms with Crippen LogP contribution in [0, 0.1) is 0 Å². The van der Waals surface area contributed by atoms with Gasteiger partial charge >= 0.3 is 0 Å². The van der Waals surface area contributed by atoms with Gasteiger partial charge in [-0.05, 0) is 42.0 Å². The van der Waals surface area contributed by atoms with Crippen LogP contribution in [0.15, 0.2) is 65.6 Å². The molecule has 4 rings (SSSR count). The number of thioether (sulfide) groups is 1. The van der Waals surface area contributed by atoms with Crippen molar-refractivity contribution in [3.63, 3.8) is 0 Å². The summed E-state index contributed by atoms with van der Waals surface area (Å²) in [6, 6.07) is 18.4. The van der Waals surface area contributed by atoms with Crippen molar-refractivity contribution in [1.82, 2.24) is 0 Å². The third-order valence-electron chi connectivity index (χ3n) is 5.85. The van der Waals surface area contributed by atoms with Gasteiger partial charge in [-0.3, -0.25) is 9.59 Å². The lowest BCUT2D eigenvalue weighted by Gasteiger charge is -2.22. The summed E-state index contributed by atoms with van der Waals surface area (Å²) in [5, 5.41) is 2.69. The molecule has 1 aliphatic heterocycles. The summed E-state index contributed by atoms with van der Waals surface area (Å²) in [6.07, 6.45) is 0.213. The highest BCUT2D eigenvalue weighted by Crippen LogP contribution is 2.46. The molecule has 1 aliphatic rings. The first-order valence-corrected chi connectivity index (χ1v) is 12.1. The Hall–Kier alpha value is -3.85. The molecular weight excluding hydrogens is 480 g/mol. The van der Waals surface area contributed by atoms with Crippen LogP contribution in [0.4, 0.5) is 11.4 Å². The molecular formula is C27H28N2O6S. The number of carbonyl (C=O) groups is 2. The van der Waals surface area contributed by atoms with Crippen molar-refractivity contribution in [2.24, 2.45) is 0 Å². The van der Waals surface area contributed by atoms with E-state index >= 15 is 0 Å². The summed E-state index contributed by atoms with van der Waals surface area (Å²) in [5.41, 5.74) is 2.10. The first kappa shape index (κ1) is 25.2. The van der Waals surface area contributed by atoms with Crippen molar-refractivity contribution in [2.45, 2.75) is 16.6 Å². The minimum Gasteiger partial charge on any atom is -0.497 e. The standard InChI is InChI=1S/C27H28N2O6S/c1-32-18-10-12-21(33-2)19(14-18)28-26(30)16-29-20-7-5-6-8-24(20)36-25(15-27(29)31)17-9-11-22(34-3)23(13-17)35-4/h5-14,25H,15-16H2,1-4H3,(H,28,30)/t25-/m1/s1. The van der Waals surface area contributed by atoms with E-state index in [1.165, 1.54) is 12.0 Å². The summed E-state index contributed by atoms with van der Waals surface area (Å²) in [4.78, 5) is 29.0. The molecule has 36 heavy (non-hydrogen) atoms. The number of para-hydroxylation sites is 1. The normalized spacial score (nSPS) is 14.9. The molecule has 0 fully saturated rings. The fourth-order valence-corrected chi connectivity index (χ4v) is 5.31. The lowest BCUT2D eigenvalue weighted by molar-refractivity contribution is -0.121. The summed E-state index contributed by atoms with van der Waals surface area (Å²) in [6.45, 7) is -0.143. The number of ether oxygens (including phenoxy) is 4. The average molecular weight is 509 g/mol. The Labute approximate surface area is 214 Å². The van der Waals surface area contributed by atoms with Crippen LogP contribution in [-0.4, -0.2) is 46.8 Å². The van der Waals surface area contributed by atoms with Crippen molar-refractivity contribution in [1.29, 1.82) is 0 Å². The molecule has 0 aromatic heterocycles. The second-order valence-corrected chi connectivity index (χ2v) is 9.23. The maximum atomic E-state index is 13.5. The predicted molar refractivity (Wildman–Crippen MR) is 140 cm³/mol. The number of nitrogens with zero attached hydrogens (tertiary/aromatic N) is 1. The molecule has 0 spiro atoms. The van der Waals surface area contributed by atoms with Crippen LogP contribution < -0.4 is 29.2 Å². The molecule has 0 aliphatic carbocycles. The third-order valence-corrected chi connectivity index (χ3v) is 7.17. The van der Waals surface area contributed by atoms with E-state index in [0.717, 1.165) is 10.5 Å². The van der Waals surface area contributed by atoms with Crippen molar-refractivity contribution in [2.75, 3.05) is 45.2 Å². The maximum absolute atomic E-state index is 13.5. The average Bonchev–Trinajstić information content (AvgIpc) is 3.04. The number of fused-ring (bicyclic) bond motifs is 1. The van der Waals surface area contributed by atoms with E-state index in [2.05, 4.69) is 5.32 Å². The Morgan fingerprint density at radius 1 is 0.917 bits per heavy atom. The fraction of sp³-hybridized carbons (Fsp3) is 0.259. The van der Waals surface area contributed by atoms with E-state index < -0.39 is 0 Å².